The molecule has 1 heterocycles. The average molecular weight is 398 g/mol. The van der Waals surface area contributed by atoms with Gasteiger partial charge in [0.15, 0.2) is 6.10 Å². The Morgan fingerprint density at radius 1 is 1.14 bits per heavy atom. The SMILES string of the molecule is C[C@H](OC(=O)CN1CCCC1=O)C(=O)Nc1ccccc1Sc1ccccc1. The van der Waals surface area contributed by atoms with Gasteiger partial charge in [0.1, 0.15) is 6.54 Å². The van der Waals surface area contributed by atoms with E-state index in [0.29, 0.717) is 18.7 Å². The number of likely N-dealkylation sites (tertiary alicyclic amines) is 1. The van der Waals surface area contributed by atoms with E-state index in [1.165, 1.54) is 23.6 Å². The molecule has 3 rings (SSSR count). The first-order chi connectivity index (χ1) is 13.5. The largest absolute Gasteiger partial charge is 0.451 e. The van der Waals surface area contributed by atoms with Crippen LogP contribution in [0, 0.1) is 0 Å². The Morgan fingerprint density at radius 3 is 2.57 bits per heavy atom. The number of hydrogen-bond acceptors (Lipinski definition) is 5. The van der Waals surface area contributed by atoms with E-state index in [-0.39, 0.29) is 12.5 Å². The lowest BCUT2D eigenvalue weighted by atomic mass is 10.3. The highest BCUT2D eigenvalue weighted by Crippen LogP contribution is 2.33. The summed E-state index contributed by atoms with van der Waals surface area (Å²) in [4.78, 5) is 39.5. The molecule has 0 spiro atoms. The molecule has 1 fully saturated rings. The van der Waals surface area contributed by atoms with E-state index in [2.05, 4.69) is 5.32 Å². The third kappa shape index (κ3) is 5.36. The number of carbonyl (C=O) groups excluding carboxylic acids is 3. The van der Waals surface area contributed by atoms with Crippen molar-refractivity contribution in [2.24, 2.45) is 0 Å². The smallest absolute Gasteiger partial charge is 0.326 e. The fraction of sp³-hybridized carbons (Fsp3) is 0.286. The molecule has 6 nitrogen and oxygen atoms in total. The number of rotatable bonds is 7. The first-order valence-corrected chi connectivity index (χ1v) is 9.94. The third-order valence-corrected chi connectivity index (χ3v) is 5.37. The molecule has 0 aliphatic carbocycles. The summed E-state index contributed by atoms with van der Waals surface area (Å²) < 4.78 is 5.20. The van der Waals surface area contributed by atoms with Crippen LogP contribution in [0.1, 0.15) is 19.8 Å². The summed E-state index contributed by atoms with van der Waals surface area (Å²) in [5.74, 6) is -1.05. The lowest BCUT2D eigenvalue weighted by molar-refractivity contribution is -0.155. The predicted octanol–water partition coefficient (Wildman–Crippen LogP) is 3.33. The van der Waals surface area contributed by atoms with E-state index < -0.39 is 18.0 Å². The monoisotopic (exact) mass is 398 g/mol. The summed E-state index contributed by atoms with van der Waals surface area (Å²) in [6.45, 7) is 1.96. The van der Waals surface area contributed by atoms with Crippen molar-refractivity contribution in [1.82, 2.24) is 4.90 Å². The lowest BCUT2D eigenvalue weighted by Crippen LogP contribution is -2.36. The van der Waals surface area contributed by atoms with Gasteiger partial charge in [-0.2, -0.15) is 0 Å². The summed E-state index contributed by atoms with van der Waals surface area (Å²) >= 11 is 1.54. The molecule has 7 heteroatoms. The molecular weight excluding hydrogens is 376 g/mol. The first-order valence-electron chi connectivity index (χ1n) is 9.13. The van der Waals surface area contributed by atoms with Gasteiger partial charge < -0.3 is 15.0 Å². The molecule has 0 aromatic heterocycles. The number of carbonyl (C=O) groups is 3. The molecule has 0 radical (unpaired) electrons. The molecule has 146 valence electrons. The molecule has 1 atom stereocenters. The number of nitrogens with zero attached hydrogens (tertiary/aromatic N) is 1. The van der Waals surface area contributed by atoms with Crippen LogP contribution in [0.4, 0.5) is 5.69 Å². The van der Waals surface area contributed by atoms with Crippen LogP contribution in [-0.2, 0) is 19.1 Å². The fourth-order valence-corrected chi connectivity index (χ4v) is 3.75. The summed E-state index contributed by atoms with van der Waals surface area (Å²) in [5.41, 5.74) is 0.652. The number of benzene rings is 2. The minimum absolute atomic E-state index is 0.0547. The highest BCUT2D eigenvalue weighted by Gasteiger charge is 2.25. The number of hydrogen-bond donors (Lipinski definition) is 1. The minimum atomic E-state index is -0.958. The maximum atomic E-state index is 12.5. The van der Waals surface area contributed by atoms with Gasteiger partial charge in [0.05, 0.1) is 5.69 Å². The highest BCUT2D eigenvalue weighted by molar-refractivity contribution is 7.99. The highest BCUT2D eigenvalue weighted by atomic mass is 32.2. The Hall–Kier alpha value is -2.80. The lowest BCUT2D eigenvalue weighted by Gasteiger charge is -2.18. The van der Waals surface area contributed by atoms with E-state index in [1.54, 1.807) is 6.07 Å². The minimum Gasteiger partial charge on any atom is -0.451 e. The van der Waals surface area contributed by atoms with E-state index in [4.69, 9.17) is 4.74 Å². The zero-order valence-electron chi connectivity index (χ0n) is 15.6. The predicted molar refractivity (Wildman–Crippen MR) is 107 cm³/mol. The van der Waals surface area contributed by atoms with E-state index >= 15 is 0 Å². The first kappa shape index (κ1) is 19.9. The number of anilines is 1. The number of nitrogens with one attached hydrogen (secondary N) is 1. The van der Waals surface area contributed by atoms with Crippen molar-refractivity contribution in [3.63, 3.8) is 0 Å². The zero-order chi connectivity index (χ0) is 19.9. The Morgan fingerprint density at radius 2 is 1.86 bits per heavy atom. The van der Waals surface area contributed by atoms with E-state index in [9.17, 15) is 14.4 Å². The second-order valence-electron chi connectivity index (χ2n) is 6.45. The van der Waals surface area contributed by atoms with Crippen molar-refractivity contribution in [2.45, 2.75) is 35.7 Å². The molecular formula is C21H22N2O4S. The summed E-state index contributed by atoms with van der Waals surface area (Å²) in [6, 6.07) is 17.3. The molecule has 28 heavy (non-hydrogen) atoms. The van der Waals surface area contributed by atoms with Crippen LogP contribution in [0.5, 0.6) is 0 Å². The van der Waals surface area contributed by atoms with Crippen LogP contribution in [0.25, 0.3) is 0 Å². The van der Waals surface area contributed by atoms with Gasteiger partial charge >= 0.3 is 5.97 Å². The fourth-order valence-electron chi connectivity index (χ4n) is 2.82. The quantitative estimate of drug-likeness (QED) is 0.724. The topological polar surface area (TPSA) is 75.7 Å². The Bertz CT molecular complexity index is 856. The molecule has 2 amide bonds. The molecule has 1 aliphatic rings. The summed E-state index contributed by atoms with van der Waals surface area (Å²) in [6.07, 6.45) is 0.247. The van der Waals surface area contributed by atoms with Crippen LogP contribution >= 0.6 is 11.8 Å². The molecule has 1 saturated heterocycles. The molecule has 2 aromatic carbocycles. The summed E-state index contributed by atoms with van der Waals surface area (Å²) in [5, 5.41) is 2.82. The third-order valence-electron chi connectivity index (χ3n) is 4.28. The van der Waals surface area contributed by atoms with Crippen LogP contribution in [0.2, 0.25) is 0 Å². The van der Waals surface area contributed by atoms with Gasteiger partial charge in [0, 0.05) is 22.8 Å². The average Bonchev–Trinajstić information content (AvgIpc) is 3.08. The zero-order valence-corrected chi connectivity index (χ0v) is 16.4. The Kier molecular flexibility index (Phi) is 6.71. The van der Waals surface area contributed by atoms with Gasteiger partial charge in [0.25, 0.3) is 5.91 Å². The van der Waals surface area contributed by atoms with Gasteiger partial charge in [-0.25, -0.2) is 0 Å². The standard InChI is InChI=1S/C21H22N2O4S/c1-15(27-20(25)14-23-13-7-12-19(23)24)21(26)22-17-10-5-6-11-18(17)28-16-8-3-2-4-9-16/h2-6,8-11,15H,7,12-14H2,1H3,(H,22,26)/t15-/m0/s1. The van der Waals surface area contributed by atoms with Crippen LogP contribution in [-0.4, -0.2) is 41.9 Å². The van der Waals surface area contributed by atoms with Crippen molar-refractivity contribution in [1.29, 1.82) is 0 Å². The van der Waals surface area contributed by atoms with Crippen molar-refractivity contribution >= 4 is 35.2 Å². The number of esters is 1. The van der Waals surface area contributed by atoms with Crippen molar-refractivity contribution in [2.75, 3.05) is 18.4 Å². The van der Waals surface area contributed by atoms with Gasteiger partial charge in [-0.1, -0.05) is 42.1 Å². The van der Waals surface area contributed by atoms with Gasteiger partial charge in [-0.3, -0.25) is 14.4 Å². The van der Waals surface area contributed by atoms with Crippen LogP contribution in [0.15, 0.2) is 64.4 Å². The number of ether oxygens (including phenoxy) is 1. The van der Waals surface area contributed by atoms with Crippen molar-refractivity contribution < 1.29 is 19.1 Å². The number of para-hydroxylation sites is 1. The molecule has 2 aromatic rings. The van der Waals surface area contributed by atoms with Crippen molar-refractivity contribution in [3.8, 4) is 0 Å². The molecule has 0 saturated carbocycles. The second-order valence-corrected chi connectivity index (χ2v) is 7.57. The van der Waals surface area contributed by atoms with E-state index in [1.807, 2.05) is 48.5 Å². The molecule has 1 aliphatic heterocycles. The van der Waals surface area contributed by atoms with Gasteiger partial charge in [-0.15, -0.1) is 0 Å². The van der Waals surface area contributed by atoms with Crippen LogP contribution < -0.4 is 5.32 Å². The number of amides is 2. The molecule has 0 bridgehead atoms. The Labute approximate surface area is 168 Å². The molecule has 1 N–H and O–H groups in total. The summed E-state index contributed by atoms with van der Waals surface area (Å²) in [7, 11) is 0. The second kappa shape index (κ2) is 9.41. The van der Waals surface area contributed by atoms with Crippen molar-refractivity contribution in [3.05, 3.63) is 54.6 Å². The van der Waals surface area contributed by atoms with Crippen LogP contribution in [0.3, 0.4) is 0 Å². The van der Waals surface area contributed by atoms with Gasteiger partial charge in [0.2, 0.25) is 5.91 Å². The maximum absolute atomic E-state index is 12.5. The van der Waals surface area contributed by atoms with Gasteiger partial charge in [-0.05, 0) is 37.6 Å². The van der Waals surface area contributed by atoms with E-state index in [0.717, 1.165) is 16.2 Å². The molecule has 0 unspecified atom stereocenters. The maximum Gasteiger partial charge on any atom is 0.326 e. The normalized spacial score (nSPS) is 14.6. The Balaban J connectivity index is 1.58.